The monoisotopic (exact) mass is 523 g/mol. The van der Waals surface area contributed by atoms with Crippen molar-refractivity contribution in [3.05, 3.63) is 42.5 Å². The van der Waals surface area contributed by atoms with Crippen molar-refractivity contribution in [2.45, 2.75) is 67.9 Å². The highest BCUT2D eigenvalue weighted by Crippen LogP contribution is 2.66. The van der Waals surface area contributed by atoms with E-state index in [0.717, 1.165) is 55.7 Å². The zero-order valence-corrected chi connectivity index (χ0v) is 22.3. The smallest absolute Gasteiger partial charge is 0.248 e. The van der Waals surface area contributed by atoms with Crippen LogP contribution < -0.4 is 10.6 Å². The largest absolute Gasteiger partial charge is 0.396 e. The van der Waals surface area contributed by atoms with E-state index in [1.807, 2.05) is 49.4 Å². The molecular weight excluding hydrogens is 486 g/mol. The van der Waals surface area contributed by atoms with Gasteiger partial charge in [0.15, 0.2) is 0 Å². The molecule has 0 aliphatic carbocycles. The molecule has 3 aliphatic rings. The summed E-state index contributed by atoms with van der Waals surface area (Å²) in [5.41, 5.74) is 0.716. The van der Waals surface area contributed by atoms with E-state index in [4.69, 9.17) is 5.11 Å². The van der Waals surface area contributed by atoms with Gasteiger partial charge in [0.1, 0.15) is 6.04 Å². The van der Waals surface area contributed by atoms with E-state index in [2.05, 4.69) is 10.6 Å². The SMILES string of the molecule is CCCNC(=O)[C@@H]1[C@@H]2CCC3(S2)C(C(=O)Nc2ccc4ccccc4c2)N(CCCCCCO)C(=O)[C@H]13. The second-order valence-corrected chi connectivity index (χ2v) is 12.2. The van der Waals surface area contributed by atoms with Gasteiger partial charge in [0, 0.05) is 30.6 Å². The summed E-state index contributed by atoms with van der Waals surface area (Å²) in [6.07, 6.45) is 5.75. The third-order valence-electron chi connectivity index (χ3n) is 8.22. The maximum atomic E-state index is 14.0. The standard InChI is InChI=1S/C29H37N3O4S/c1-2-15-30-26(34)23-22-13-14-29(37-22)24(23)28(36)32(16-7-3-4-8-17-33)25(29)27(35)31-21-12-11-19-9-5-6-10-20(19)18-21/h5-6,9-12,18,22-25,33H,2-4,7-8,13-17H2,1H3,(H,30,34)(H,31,35)/t22-,23+,24-,25?,29?/m0/s1. The molecule has 3 N–H and O–H groups in total. The van der Waals surface area contributed by atoms with E-state index in [1.165, 1.54) is 0 Å². The molecule has 1 spiro atoms. The molecule has 5 rings (SSSR count). The first-order valence-corrected chi connectivity index (χ1v) is 14.5. The first-order valence-electron chi connectivity index (χ1n) is 13.7. The topological polar surface area (TPSA) is 98.7 Å². The zero-order valence-electron chi connectivity index (χ0n) is 21.4. The molecule has 37 heavy (non-hydrogen) atoms. The Morgan fingerprint density at radius 2 is 1.86 bits per heavy atom. The van der Waals surface area contributed by atoms with Crippen LogP contribution in [0.15, 0.2) is 42.5 Å². The number of amides is 3. The third kappa shape index (κ3) is 4.74. The van der Waals surface area contributed by atoms with Gasteiger partial charge in [0.2, 0.25) is 17.7 Å². The van der Waals surface area contributed by atoms with Gasteiger partial charge in [0.05, 0.1) is 16.6 Å². The molecule has 3 heterocycles. The van der Waals surface area contributed by atoms with Gasteiger partial charge in [-0.25, -0.2) is 0 Å². The van der Waals surface area contributed by atoms with E-state index < -0.39 is 16.7 Å². The lowest BCUT2D eigenvalue weighted by Crippen LogP contribution is -2.51. The van der Waals surface area contributed by atoms with E-state index in [-0.39, 0.29) is 35.5 Å². The van der Waals surface area contributed by atoms with Gasteiger partial charge in [0.25, 0.3) is 0 Å². The van der Waals surface area contributed by atoms with Crippen LogP contribution in [0.2, 0.25) is 0 Å². The molecule has 7 nitrogen and oxygen atoms in total. The average molecular weight is 524 g/mol. The van der Waals surface area contributed by atoms with Crippen LogP contribution in [-0.4, -0.2) is 63.5 Å². The van der Waals surface area contributed by atoms with Crippen molar-refractivity contribution in [3.8, 4) is 0 Å². The predicted molar refractivity (Wildman–Crippen MR) is 147 cm³/mol. The Bertz CT molecular complexity index is 1170. The van der Waals surface area contributed by atoms with Gasteiger partial charge >= 0.3 is 0 Å². The van der Waals surface area contributed by atoms with Crippen molar-refractivity contribution >= 4 is 45.9 Å². The molecule has 5 atom stereocenters. The van der Waals surface area contributed by atoms with Crippen LogP contribution in [0.5, 0.6) is 0 Å². The third-order valence-corrected chi connectivity index (χ3v) is 10.2. The number of nitrogens with zero attached hydrogens (tertiary/aromatic N) is 1. The summed E-state index contributed by atoms with van der Waals surface area (Å²) in [7, 11) is 0. The predicted octanol–water partition coefficient (Wildman–Crippen LogP) is 3.95. The molecule has 3 fully saturated rings. The van der Waals surface area contributed by atoms with Crippen LogP contribution in [0.1, 0.15) is 51.9 Å². The minimum atomic E-state index is -0.603. The molecular formula is C29H37N3O4S. The van der Waals surface area contributed by atoms with Crippen molar-refractivity contribution < 1.29 is 19.5 Å². The quantitative estimate of drug-likeness (QED) is 0.388. The molecule has 8 heteroatoms. The fraction of sp³-hybridized carbons (Fsp3) is 0.552. The number of hydrogen-bond acceptors (Lipinski definition) is 5. The Hall–Kier alpha value is -2.58. The molecule has 3 saturated heterocycles. The first kappa shape index (κ1) is 26.0. The molecule has 3 aliphatic heterocycles. The lowest BCUT2D eigenvalue weighted by Gasteiger charge is -2.34. The Morgan fingerprint density at radius 1 is 1.08 bits per heavy atom. The second-order valence-electron chi connectivity index (χ2n) is 10.6. The summed E-state index contributed by atoms with van der Waals surface area (Å²) in [6, 6.07) is 13.3. The van der Waals surface area contributed by atoms with Crippen molar-refractivity contribution in [1.29, 1.82) is 0 Å². The van der Waals surface area contributed by atoms with Crippen LogP contribution in [0, 0.1) is 11.8 Å². The number of carbonyl (C=O) groups is 3. The van der Waals surface area contributed by atoms with E-state index in [0.29, 0.717) is 18.8 Å². The molecule has 2 unspecified atom stereocenters. The number of carbonyl (C=O) groups excluding carboxylic acids is 3. The number of nitrogens with one attached hydrogen (secondary N) is 2. The number of fused-ring (bicyclic) bond motifs is 2. The average Bonchev–Trinajstić information content (AvgIpc) is 3.54. The van der Waals surface area contributed by atoms with Crippen molar-refractivity contribution in [3.63, 3.8) is 0 Å². The second kappa shape index (κ2) is 11.0. The summed E-state index contributed by atoms with van der Waals surface area (Å²) >= 11 is 1.71. The van der Waals surface area contributed by atoms with Crippen molar-refractivity contribution in [2.24, 2.45) is 11.8 Å². The van der Waals surface area contributed by atoms with Crippen LogP contribution in [0.4, 0.5) is 5.69 Å². The summed E-state index contributed by atoms with van der Waals surface area (Å²) in [5, 5.41) is 17.5. The Morgan fingerprint density at radius 3 is 2.65 bits per heavy atom. The molecule has 3 amide bonds. The zero-order chi connectivity index (χ0) is 26.0. The van der Waals surface area contributed by atoms with Crippen molar-refractivity contribution in [1.82, 2.24) is 10.2 Å². The van der Waals surface area contributed by atoms with Gasteiger partial charge in [-0.3, -0.25) is 14.4 Å². The minimum absolute atomic E-state index is 0.0437. The Balaban J connectivity index is 1.42. The van der Waals surface area contributed by atoms with Gasteiger partial charge in [-0.05, 0) is 55.0 Å². The maximum Gasteiger partial charge on any atom is 0.248 e. The van der Waals surface area contributed by atoms with Crippen LogP contribution in [0.25, 0.3) is 10.8 Å². The Labute approximate surface area is 222 Å². The number of aliphatic hydroxyl groups is 1. The Kier molecular flexibility index (Phi) is 7.77. The minimum Gasteiger partial charge on any atom is -0.396 e. The highest BCUT2D eigenvalue weighted by atomic mass is 32.2. The number of thioether (sulfide) groups is 1. The van der Waals surface area contributed by atoms with E-state index in [1.54, 1.807) is 16.7 Å². The van der Waals surface area contributed by atoms with Crippen LogP contribution in [-0.2, 0) is 14.4 Å². The molecule has 2 aromatic rings. The van der Waals surface area contributed by atoms with Gasteiger partial charge < -0.3 is 20.6 Å². The van der Waals surface area contributed by atoms with Gasteiger partial charge in [-0.2, -0.15) is 0 Å². The summed E-state index contributed by atoms with van der Waals surface area (Å²) in [4.78, 5) is 42.9. The molecule has 0 aromatic heterocycles. The lowest BCUT2D eigenvalue weighted by molar-refractivity contribution is -0.139. The lowest BCUT2D eigenvalue weighted by atomic mass is 9.70. The molecule has 198 valence electrons. The van der Waals surface area contributed by atoms with Crippen molar-refractivity contribution in [2.75, 3.05) is 25.0 Å². The van der Waals surface area contributed by atoms with E-state index >= 15 is 0 Å². The van der Waals surface area contributed by atoms with Crippen LogP contribution >= 0.6 is 11.8 Å². The highest BCUT2D eigenvalue weighted by Gasteiger charge is 2.73. The number of benzene rings is 2. The number of anilines is 1. The van der Waals surface area contributed by atoms with E-state index in [9.17, 15) is 14.4 Å². The molecule has 2 aromatic carbocycles. The van der Waals surface area contributed by atoms with Crippen LogP contribution in [0.3, 0.4) is 0 Å². The van der Waals surface area contributed by atoms with Gasteiger partial charge in [-0.15, -0.1) is 11.8 Å². The summed E-state index contributed by atoms with van der Waals surface area (Å²) < 4.78 is -0.567. The highest BCUT2D eigenvalue weighted by molar-refractivity contribution is 8.02. The number of hydrogen-bond donors (Lipinski definition) is 3. The molecule has 0 radical (unpaired) electrons. The molecule has 0 saturated carbocycles. The fourth-order valence-corrected chi connectivity index (χ4v) is 8.81. The summed E-state index contributed by atoms with van der Waals surface area (Å²) in [6.45, 7) is 3.27. The fourth-order valence-electron chi connectivity index (χ4n) is 6.59. The normalized spacial score (nSPS) is 28.1. The molecule has 2 bridgehead atoms. The number of aliphatic hydroxyl groups excluding tert-OH is 1. The van der Waals surface area contributed by atoms with Gasteiger partial charge in [-0.1, -0.05) is 50.1 Å². The number of unbranched alkanes of at least 4 members (excludes halogenated alkanes) is 3. The first-order chi connectivity index (χ1) is 18.0. The number of likely N-dealkylation sites (tertiary alicyclic amines) is 1. The maximum absolute atomic E-state index is 14.0. The summed E-state index contributed by atoms with van der Waals surface area (Å²) in [5.74, 6) is -1.10. The number of rotatable bonds is 11.